The average Bonchev–Trinajstić information content (AvgIpc) is 3.42. The molecule has 3 heterocycles. The molecule has 10 heteroatoms. The van der Waals surface area contributed by atoms with Crippen LogP contribution in [0.3, 0.4) is 0 Å². The van der Waals surface area contributed by atoms with Gasteiger partial charge in [-0.1, -0.05) is 51.2 Å². The van der Waals surface area contributed by atoms with Gasteiger partial charge in [0.2, 0.25) is 0 Å². The third-order valence-electron chi connectivity index (χ3n) is 4.14. The lowest BCUT2D eigenvalue weighted by Gasteiger charge is -2.14. The second kappa shape index (κ2) is 15.0. The van der Waals surface area contributed by atoms with Gasteiger partial charge in [0.15, 0.2) is 11.3 Å². The fourth-order valence-electron chi connectivity index (χ4n) is 2.73. The van der Waals surface area contributed by atoms with E-state index in [2.05, 4.69) is 38.0 Å². The van der Waals surface area contributed by atoms with E-state index < -0.39 is 0 Å². The molecule has 0 aliphatic heterocycles. The molecule has 0 saturated carbocycles. The van der Waals surface area contributed by atoms with Crippen LogP contribution in [0.15, 0.2) is 42.6 Å². The predicted molar refractivity (Wildman–Crippen MR) is 145 cm³/mol. The molecule has 176 valence electrons. The van der Waals surface area contributed by atoms with Gasteiger partial charge in [-0.3, -0.25) is 4.40 Å². The lowest BCUT2D eigenvalue weighted by Crippen LogP contribution is -2.23. The monoisotopic (exact) mass is 495 g/mol. The van der Waals surface area contributed by atoms with Gasteiger partial charge in [0.05, 0.1) is 17.8 Å². The van der Waals surface area contributed by atoms with Gasteiger partial charge in [-0.15, -0.1) is 23.3 Å². The van der Waals surface area contributed by atoms with Gasteiger partial charge in [-0.2, -0.15) is 0 Å². The maximum Gasteiger partial charge on any atom is 0.196 e. The molecule has 4 aromatic rings. The zero-order chi connectivity index (χ0) is 24.1. The zero-order valence-electron chi connectivity index (χ0n) is 19.4. The quantitative estimate of drug-likeness (QED) is 0.113. The number of imidazole rings is 1. The van der Waals surface area contributed by atoms with E-state index in [1.54, 1.807) is 25.6 Å². The second-order valence-corrected chi connectivity index (χ2v) is 6.76. The Balaban J connectivity index is 0.000000789. The fraction of sp³-hybridized carbons (Fsp3) is 0.364. The predicted octanol–water partition coefficient (Wildman–Crippen LogP) is 6.04. The molecule has 0 aliphatic rings. The van der Waals surface area contributed by atoms with Crippen molar-refractivity contribution in [3.05, 3.63) is 42.6 Å². The number of aromatic nitrogens is 3. The van der Waals surface area contributed by atoms with Crippen LogP contribution in [0.2, 0.25) is 0 Å². The highest BCUT2D eigenvalue weighted by Gasteiger charge is 2.12. The van der Waals surface area contributed by atoms with Crippen LogP contribution in [-0.4, -0.2) is 41.4 Å². The molecule has 7 nitrogen and oxygen atoms in total. The average molecular weight is 496 g/mol. The number of nitrogen functional groups attached to an aromatic ring is 1. The number of nitrogens with one attached hydrogen (secondary N) is 1. The molecule has 0 atom stereocenters. The van der Waals surface area contributed by atoms with E-state index in [1.807, 2.05) is 70.3 Å². The Bertz CT molecular complexity index is 1050. The Labute approximate surface area is 204 Å². The summed E-state index contributed by atoms with van der Waals surface area (Å²) < 4.78 is 12.4. The SMILES string of the molecule is CC.CC.COC(CNc1ccc2c(n1)sc1nc(-c3ccc(N)cc3)cn12)OC.SS. The first kappa shape index (κ1) is 28.1. The number of thiol groups is 2. The minimum Gasteiger partial charge on any atom is -0.399 e. The fourth-order valence-corrected chi connectivity index (χ4v) is 3.71. The Morgan fingerprint density at radius 2 is 1.62 bits per heavy atom. The largest absolute Gasteiger partial charge is 0.399 e. The first-order chi connectivity index (χ1) is 15.7. The van der Waals surface area contributed by atoms with Crippen LogP contribution in [-0.2, 0) is 9.47 Å². The molecule has 0 fully saturated rings. The number of hydrogen-bond acceptors (Lipinski definition) is 9. The standard InChI is InChI=1S/C18H19N5O2S.2C2H6.H2S2/c1-24-16(25-2)9-20-15-8-7-14-17(22-15)26-18-21-13(10-23(14)18)11-3-5-12(19)6-4-11;3*1-2/h3-8,10,16H,9,19H2,1-2H3,(H,20,22);2*1-2H3;1-2H. The topological polar surface area (TPSA) is 86.7 Å². The number of ether oxygens (including phenoxy) is 2. The third kappa shape index (κ3) is 7.01. The summed E-state index contributed by atoms with van der Waals surface area (Å²) in [5.74, 6) is 0.778. The van der Waals surface area contributed by atoms with Crippen molar-refractivity contribution in [2.45, 2.75) is 34.0 Å². The van der Waals surface area contributed by atoms with E-state index in [4.69, 9.17) is 20.2 Å². The van der Waals surface area contributed by atoms with Crippen LogP contribution < -0.4 is 11.1 Å². The van der Waals surface area contributed by atoms with Crippen molar-refractivity contribution in [3.63, 3.8) is 0 Å². The molecule has 0 bridgehead atoms. The Hall–Kier alpha value is -1.98. The number of fused-ring (bicyclic) bond motifs is 3. The first-order valence-corrected chi connectivity index (χ1v) is 12.7. The zero-order valence-corrected chi connectivity index (χ0v) is 22.0. The van der Waals surface area contributed by atoms with Gasteiger partial charge in [0, 0.05) is 31.7 Å². The maximum atomic E-state index is 5.76. The van der Waals surface area contributed by atoms with Gasteiger partial charge < -0.3 is 20.5 Å². The van der Waals surface area contributed by atoms with Crippen LogP contribution in [0.1, 0.15) is 27.7 Å². The van der Waals surface area contributed by atoms with Crippen LogP contribution in [0.4, 0.5) is 11.5 Å². The summed E-state index contributed by atoms with van der Waals surface area (Å²) in [7, 11) is 3.22. The molecule has 4 rings (SSSR count). The number of nitrogens with two attached hydrogens (primary N) is 1. The lowest BCUT2D eigenvalue weighted by molar-refractivity contribution is -0.0914. The van der Waals surface area contributed by atoms with Crippen molar-refractivity contribution >= 4 is 61.5 Å². The Morgan fingerprint density at radius 1 is 1.00 bits per heavy atom. The molecular weight excluding hydrogens is 462 g/mol. The minimum atomic E-state index is -0.310. The van der Waals surface area contributed by atoms with Gasteiger partial charge in [-0.25, -0.2) is 9.97 Å². The molecule has 3 aromatic heterocycles. The second-order valence-electron chi connectivity index (χ2n) is 5.81. The molecule has 1 aromatic carbocycles. The van der Waals surface area contributed by atoms with E-state index >= 15 is 0 Å². The van der Waals surface area contributed by atoms with E-state index in [-0.39, 0.29) is 6.29 Å². The van der Waals surface area contributed by atoms with E-state index in [1.165, 1.54) is 0 Å². The highest BCUT2D eigenvalue weighted by Crippen LogP contribution is 2.29. The van der Waals surface area contributed by atoms with E-state index in [9.17, 15) is 0 Å². The number of rotatable bonds is 6. The van der Waals surface area contributed by atoms with Crippen molar-refractivity contribution in [1.29, 1.82) is 0 Å². The summed E-state index contributed by atoms with van der Waals surface area (Å²) >= 11 is 8.00. The smallest absolute Gasteiger partial charge is 0.196 e. The summed E-state index contributed by atoms with van der Waals surface area (Å²) in [5.41, 5.74) is 9.49. The Morgan fingerprint density at radius 3 is 2.22 bits per heavy atom. The number of nitrogens with zero attached hydrogens (tertiary/aromatic N) is 3. The lowest BCUT2D eigenvalue weighted by atomic mass is 10.1. The van der Waals surface area contributed by atoms with E-state index in [0.717, 1.165) is 38.1 Å². The van der Waals surface area contributed by atoms with Gasteiger partial charge in [0.25, 0.3) is 0 Å². The van der Waals surface area contributed by atoms with Gasteiger partial charge in [0.1, 0.15) is 10.6 Å². The van der Waals surface area contributed by atoms with Crippen molar-refractivity contribution < 1.29 is 9.47 Å². The summed E-state index contributed by atoms with van der Waals surface area (Å²) in [6.07, 6.45) is 1.72. The van der Waals surface area contributed by atoms with Crippen molar-refractivity contribution in [2.24, 2.45) is 0 Å². The molecule has 0 amide bonds. The summed E-state index contributed by atoms with van der Waals surface area (Å²) in [4.78, 5) is 11.2. The maximum absolute atomic E-state index is 5.76. The number of anilines is 2. The van der Waals surface area contributed by atoms with Crippen LogP contribution >= 0.6 is 34.7 Å². The summed E-state index contributed by atoms with van der Waals surface area (Å²) in [5, 5.41) is 3.22. The summed E-state index contributed by atoms with van der Waals surface area (Å²) in [6, 6.07) is 11.7. The van der Waals surface area contributed by atoms with Crippen LogP contribution in [0.25, 0.3) is 26.6 Å². The van der Waals surface area contributed by atoms with Gasteiger partial charge >= 0.3 is 0 Å². The first-order valence-electron chi connectivity index (χ1n) is 10.3. The van der Waals surface area contributed by atoms with E-state index in [0.29, 0.717) is 6.54 Å². The number of pyridine rings is 1. The third-order valence-corrected chi connectivity index (χ3v) is 5.11. The highest BCUT2D eigenvalue weighted by molar-refractivity contribution is 8.59. The van der Waals surface area contributed by atoms with Crippen molar-refractivity contribution in [3.8, 4) is 11.3 Å². The summed E-state index contributed by atoms with van der Waals surface area (Å²) in [6.45, 7) is 8.52. The highest BCUT2D eigenvalue weighted by atomic mass is 33.1. The number of methoxy groups -OCH3 is 2. The number of hydrogen-bond donors (Lipinski definition) is 4. The van der Waals surface area contributed by atoms with Crippen molar-refractivity contribution in [1.82, 2.24) is 14.4 Å². The van der Waals surface area contributed by atoms with Crippen LogP contribution in [0.5, 0.6) is 0 Å². The Kier molecular flexibility index (Phi) is 13.1. The van der Waals surface area contributed by atoms with Crippen LogP contribution in [0, 0.1) is 0 Å². The molecule has 32 heavy (non-hydrogen) atoms. The molecule has 0 radical (unpaired) electrons. The number of benzene rings is 1. The number of thiazole rings is 1. The van der Waals surface area contributed by atoms with Crippen molar-refractivity contribution in [2.75, 3.05) is 31.8 Å². The molecule has 0 spiro atoms. The normalized spacial score (nSPS) is 10.0. The molecule has 0 aliphatic carbocycles. The molecule has 0 saturated heterocycles. The minimum absolute atomic E-state index is 0.310. The molecule has 0 unspecified atom stereocenters. The molecule has 3 N–H and O–H groups in total. The molecular formula is C22H33N5O2S3. The van der Waals surface area contributed by atoms with Gasteiger partial charge in [-0.05, 0) is 24.3 Å².